The summed E-state index contributed by atoms with van der Waals surface area (Å²) in [5, 5.41) is 7.32. The Bertz CT molecular complexity index is 1070. The molecule has 1 amide bonds. The lowest BCUT2D eigenvalue weighted by molar-refractivity contribution is -0.274. The second kappa shape index (κ2) is 7.79. The lowest BCUT2D eigenvalue weighted by Crippen LogP contribution is -2.28. The number of amides is 1. The summed E-state index contributed by atoms with van der Waals surface area (Å²) >= 11 is 0. The molecular formula is C20H18F3N5O2. The molecule has 2 unspecified atom stereocenters. The van der Waals surface area contributed by atoms with Crippen LogP contribution in [0.25, 0.3) is 10.9 Å². The third-order valence-electron chi connectivity index (χ3n) is 5.01. The molecule has 10 heteroatoms. The summed E-state index contributed by atoms with van der Waals surface area (Å²) in [5.41, 5.74) is 7.06. The van der Waals surface area contributed by atoms with E-state index in [0.29, 0.717) is 35.4 Å². The van der Waals surface area contributed by atoms with Crippen molar-refractivity contribution in [3.8, 4) is 5.75 Å². The quantitative estimate of drug-likeness (QED) is 0.590. The van der Waals surface area contributed by atoms with Gasteiger partial charge in [0, 0.05) is 30.4 Å². The van der Waals surface area contributed by atoms with Gasteiger partial charge >= 0.3 is 6.36 Å². The fraction of sp³-hybridized carbons (Fsp3) is 0.250. The van der Waals surface area contributed by atoms with Gasteiger partial charge in [-0.25, -0.2) is 9.97 Å². The second-order valence-electron chi connectivity index (χ2n) is 6.92. The first kappa shape index (κ1) is 19.9. The average Bonchev–Trinajstić information content (AvgIpc) is 3.15. The molecule has 0 saturated carbocycles. The van der Waals surface area contributed by atoms with Gasteiger partial charge in [0.15, 0.2) is 0 Å². The molecule has 0 radical (unpaired) electrons. The van der Waals surface area contributed by atoms with Crippen LogP contribution in [0.4, 0.5) is 19.0 Å². The number of rotatable bonds is 5. The van der Waals surface area contributed by atoms with Gasteiger partial charge in [-0.1, -0.05) is 18.2 Å². The number of carbonyl (C=O) groups is 1. The van der Waals surface area contributed by atoms with E-state index in [9.17, 15) is 18.0 Å². The predicted octanol–water partition coefficient (Wildman–Crippen LogP) is 2.79. The molecule has 3 aromatic rings. The summed E-state index contributed by atoms with van der Waals surface area (Å²) in [4.78, 5) is 20.2. The number of benzene rings is 2. The number of anilines is 1. The van der Waals surface area contributed by atoms with Crippen LogP contribution in [0.2, 0.25) is 0 Å². The Balaban J connectivity index is 1.58. The summed E-state index contributed by atoms with van der Waals surface area (Å²) in [6.45, 7) is 1.28. The van der Waals surface area contributed by atoms with Crippen molar-refractivity contribution < 1.29 is 22.7 Å². The lowest BCUT2D eigenvalue weighted by atomic mass is 9.94. The van der Waals surface area contributed by atoms with Crippen LogP contribution < -0.4 is 21.1 Å². The van der Waals surface area contributed by atoms with Gasteiger partial charge in [-0.15, -0.1) is 13.2 Å². The van der Waals surface area contributed by atoms with E-state index >= 15 is 0 Å². The van der Waals surface area contributed by atoms with Gasteiger partial charge < -0.3 is 21.1 Å². The van der Waals surface area contributed by atoms with Gasteiger partial charge in [0.2, 0.25) is 0 Å². The van der Waals surface area contributed by atoms with Crippen molar-refractivity contribution in [2.75, 3.05) is 18.4 Å². The highest BCUT2D eigenvalue weighted by molar-refractivity contribution is 6.06. The Kier molecular flexibility index (Phi) is 5.17. The summed E-state index contributed by atoms with van der Waals surface area (Å²) < 4.78 is 41.0. The van der Waals surface area contributed by atoms with Crippen LogP contribution in [0.3, 0.4) is 0 Å². The van der Waals surface area contributed by atoms with Crippen LogP contribution in [0, 0.1) is 0 Å². The first-order valence-electron chi connectivity index (χ1n) is 9.18. The molecule has 1 saturated heterocycles. The summed E-state index contributed by atoms with van der Waals surface area (Å²) in [7, 11) is 0. The molecule has 4 N–H and O–H groups in total. The molecular weight excluding hydrogens is 399 g/mol. The molecule has 0 bridgehead atoms. The second-order valence-corrected chi connectivity index (χ2v) is 6.92. The molecule has 7 nitrogen and oxygen atoms in total. The highest BCUT2D eigenvalue weighted by atomic mass is 19.4. The third-order valence-corrected chi connectivity index (χ3v) is 5.01. The zero-order valence-corrected chi connectivity index (χ0v) is 15.6. The maximum absolute atomic E-state index is 12.4. The third kappa shape index (κ3) is 4.13. The van der Waals surface area contributed by atoms with Crippen LogP contribution in [-0.2, 0) is 0 Å². The van der Waals surface area contributed by atoms with Crippen molar-refractivity contribution in [1.29, 1.82) is 0 Å². The summed E-state index contributed by atoms with van der Waals surface area (Å²) in [6.07, 6.45) is -3.36. The van der Waals surface area contributed by atoms with E-state index in [4.69, 9.17) is 5.73 Å². The minimum Gasteiger partial charge on any atom is -0.406 e. The molecule has 30 heavy (non-hydrogen) atoms. The predicted molar refractivity (Wildman–Crippen MR) is 104 cm³/mol. The van der Waals surface area contributed by atoms with Crippen molar-refractivity contribution in [3.63, 3.8) is 0 Å². The number of nitrogens with two attached hydrogens (primary N) is 1. The number of primary amides is 1. The van der Waals surface area contributed by atoms with Crippen LogP contribution in [0.5, 0.6) is 5.75 Å². The van der Waals surface area contributed by atoms with Gasteiger partial charge in [-0.3, -0.25) is 4.79 Å². The van der Waals surface area contributed by atoms with E-state index < -0.39 is 12.3 Å². The van der Waals surface area contributed by atoms with E-state index in [2.05, 4.69) is 25.3 Å². The molecule has 4 rings (SSSR count). The Hall–Kier alpha value is -3.40. The summed E-state index contributed by atoms with van der Waals surface area (Å²) in [6, 6.07) is 10.9. The van der Waals surface area contributed by atoms with Gasteiger partial charge in [0.25, 0.3) is 5.91 Å². The normalized spacial score (nSPS) is 19.0. The van der Waals surface area contributed by atoms with Gasteiger partial charge in [0.05, 0.1) is 11.1 Å². The number of ether oxygens (including phenoxy) is 1. The topological polar surface area (TPSA) is 102 Å². The van der Waals surface area contributed by atoms with Crippen LogP contribution in [0.1, 0.15) is 21.8 Å². The minimum absolute atomic E-state index is 0.00530. The zero-order chi connectivity index (χ0) is 21.3. The van der Waals surface area contributed by atoms with Crippen molar-refractivity contribution in [1.82, 2.24) is 15.3 Å². The standard InChI is InChI=1S/C20H18F3N5O2/c21-20(22,23)30-12-6-4-11(5-7-12)15-8-25-9-16(15)28-19-14-3-1-2-13(18(24)29)17(14)26-10-27-19/h1-7,10,15-16,25H,8-9H2,(H2,24,29)(H,26,27,28). The van der Waals surface area contributed by atoms with E-state index in [0.717, 1.165) is 5.56 Å². The molecule has 2 aromatic carbocycles. The molecule has 0 aliphatic carbocycles. The number of para-hydroxylation sites is 1. The number of fused-ring (bicyclic) bond motifs is 1. The number of hydrogen-bond donors (Lipinski definition) is 3. The Morgan fingerprint density at radius 1 is 1.13 bits per heavy atom. The average molecular weight is 417 g/mol. The highest BCUT2D eigenvalue weighted by Crippen LogP contribution is 2.30. The molecule has 1 aliphatic rings. The number of alkyl halides is 3. The summed E-state index contributed by atoms with van der Waals surface area (Å²) in [5.74, 6) is -0.289. The Labute approximate surface area is 169 Å². The van der Waals surface area contributed by atoms with E-state index in [1.54, 1.807) is 30.3 Å². The number of carbonyl (C=O) groups excluding carboxylic acids is 1. The first-order valence-corrected chi connectivity index (χ1v) is 9.18. The monoisotopic (exact) mass is 417 g/mol. The van der Waals surface area contributed by atoms with Crippen LogP contribution in [0.15, 0.2) is 48.8 Å². The maximum Gasteiger partial charge on any atom is 0.573 e. The lowest BCUT2D eigenvalue weighted by Gasteiger charge is -2.22. The minimum atomic E-state index is -4.72. The van der Waals surface area contributed by atoms with Gasteiger partial charge in [-0.2, -0.15) is 0 Å². The van der Waals surface area contributed by atoms with E-state index in [-0.39, 0.29) is 17.7 Å². The molecule has 2 atom stereocenters. The largest absolute Gasteiger partial charge is 0.573 e. The van der Waals surface area contributed by atoms with Crippen molar-refractivity contribution in [2.45, 2.75) is 18.3 Å². The number of hydrogen-bond acceptors (Lipinski definition) is 6. The van der Waals surface area contributed by atoms with E-state index in [1.807, 2.05) is 0 Å². The molecule has 1 fully saturated rings. The number of halogens is 3. The van der Waals surface area contributed by atoms with Crippen molar-refractivity contribution in [3.05, 3.63) is 59.9 Å². The maximum atomic E-state index is 12.4. The van der Waals surface area contributed by atoms with Gasteiger partial charge in [0.1, 0.15) is 17.9 Å². The zero-order valence-electron chi connectivity index (χ0n) is 15.6. The first-order chi connectivity index (χ1) is 14.3. The number of nitrogens with zero attached hydrogens (tertiary/aromatic N) is 2. The molecule has 0 spiro atoms. The Morgan fingerprint density at radius 2 is 1.90 bits per heavy atom. The van der Waals surface area contributed by atoms with Gasteiger partial charge in [-0.05, 0) is 29.8 Å². The molecule has 1 aliphatic heterocycles. The fourth-order valence-electron chi connectivity index (χ4n) is 3.67. The number of aromatic nitrogens is 2. The fourth-order valence-corrected chi connectivity index (χ4v) is 3.67. The van der Waals surface area contributed by atoms with Crippen molar-refractivity contribution in [2.24, 2.45) is 5.73 Å². The SMILES string of the molecule is NC(=O)c1cccc2c(NC3CNCC3c3ccc(OC(F)(F)F)cc3)ncnc12. The van der Waals surface area contributed by atoms with E-state index in [1.165, 1.54) is 18.5 Å². The Morgan fingerprint density at radius 3 is 2.60 bits per heavy atom. The van der Waals surface area contributed by atoms with Crippen molar-refractivity contribution >= 4 is 22.6 Å². The molecule has 2 heterocycles. The smallest absolute Gasteiger partial charge is 0.406 e. The van der Waals surface area contributed by atoms with Crippen LogP contribution >= 0.6 is 0 Å². The highest BCUT2D eigenvalue weighted by Gasteiger charge is 2.32. The number of nitrogens with one attached hydrogen (secondary N) is 2. The molecule has 1 aromatic heterocycles. The molecule has 156 valence electrons. The van der Waals surface area contributed by atoms with Crippen LogP contribution in [-0.4, -0.2) is 41.4 Å².